The summed E-state index contributed by atoms with van der Waals surface area (Å²) in [5.41, 5.74) is 6.10. The van der Waals surface area contributed by atoms with Gasteiger partial charge in [-0.25, -0.2) is 5.43 Å². The molecule has 0 spiro atoms. The molecule has 0 amide bonds. The second kappa shape index (κ2) is 7.18. The van der Waals surface area contributed by atoms with Crippen LogP contribution in [0, 0.1) is 0 Å². The molecule has 2 N–H and O–H groups in total. The fourth-order valence-electron chi connectivity index (χ4n) is 2.66. The molecule has 0 aliphatic rings. The Labute approximate surface area is 150 Å². The molecule has 0 fully saturated rings. The minimum absolute atomic E-state index is 0.326. The number of anilines is 1. The molecule has 0 saturated heterocycles. The molecule has 4 rings (SSSR count). The van der Waals surface area contributed by atoms with Crippen molar-refractivity contribution < 1.29 is 4.74 Å². The van der Waals surface area contributed by atoms with Gasteiger partial charge in [0, 0.05) is 16.5 Å². The van der Waals surface area contributed by atoms with E-state index in [2.05, 4.69) is 37.6 Å². The lowest BCUT2D eigenvalue weighted by atomic mass is 10.2. The Bertz CT molecular complexity index is 1070. The van der Waals surface area contributed by atoms with Crippen LogP contribution in [0.15, 0.2) is 53.6 Å². The van der Waals surface area contributed by atoms with E-state index in [1.807, 2.05) is 48.5 Å². The fraction of sp³-hybridized carbons (Fsp3) is 0.158. The van der Waals surface area contributed by atoms with Gasteiger partial charge in [-0.15, -0.1) is 10.2 Å². The van der Waals surface area contributed by atoms with Gasteiger partial charge in [-0.3, -0.25) is 0 Å². The molecule has 0 aliphatic heterocycles. The molecule has 0 atom stereocenters. The molecule has 0 radical (unpaired) electrons. The van der Waals surface area contributed by atoms with Crippen molar-refractivity contribution >= 4 is 34.2 Å². The first-order valence-corrected chi connectivity index (χ1v) is 8.47. The topological polar surface area (TPSA) is 88.1 Å². The highest BCUT2D eigenvalue weighted by Crippen LogP contribution is 2.22. The zero-order valence-electron chi connectivity index (χ0n) is 14.3. The van der Waals surface area contributed by atoms with Gasteiger partial charge < -0.3 is 9.72 Å². The molecule has 2 heterocycles. The lowest BCUT2D eigenvalue weighted by molar-refractivity contribution is 0.317. The third-order valence-corrected chi connectivity index (χ3v) is 3.87. The standard InChI is InChI=1S/C19H18N6O/c1-2-11-26-16-10-6-3-7-13(16)12-20-24-19-22-18-17(23-25-19)14-8-4-5-9-15(14)21-18/h3-10,12H,2,11H2,1H3,(H2,21,22,24,25). The van der Waals surface area contributed by atoms with Crippen molar-refractivity contribution in [3.63, 3.8) is 0 Å². The molecule has 0 unspecified atom stereocenters. The Kier molecular flexibility index (Phi) is 4.42. The number of nitrogens with one attached hydrogen (secondary N) is 2. The number of hydrazone groups is 1. The van der Waals surface area contributed by atoms with E-state index in [-0.39, 0.29) is 0 Å². The van der Waals surface area contributed by atoms with E-state index in [1.165, 1.54) is 0 Å². The lowest BCUT2D eigenvalue weighted by Gasteiger charge is -2.07. The number of hydrogen-bond donors (Lipinski definition) is 2. The second-order valence-electron chi connectivity index (χ2n) is 5.76. The van der Waals surface area contributed by atoms with Gasteiger partial charge in [0.05, 0.1) is 12.8 Å². The third kappa shape index (κ3) is 3.19. The maximum Gasteiger partial charge on any atom is 0.265 e. The highest BCUT2D eigenvalue weighted by atomic mass is 16.5. The average molecular weight is 346 g/mol. The van der Waals surface area contributed by atoms with Crippen LogP contribution in [0.1, 0.15) is 18.9 Å². The number of benzene rings is 2. The Hall–Kier alpha value is -3.48. The summed E-state index contributed by atoms with van der Waals surface area (Å²) < 4.78 is 5.71. The first-order valence-electron chi connectivity index (χ1n) is 8.47. The van der Waals surface area contributed by atoms with Crippen LogP contribution in [-0.4, -0.2) is 33.0 Å². The summed E-state index contributed by atoms with van der Waals surface area (Å²) in [7, 11) is 0. The van der Waals surface area contributed by atoms with Crippen molar-refractivity contribution in [2.24, 2.45) is 5.10 Å². The van der Waals surface area contributed by atoms with Crippen molar-refractivity contribution in [2.75, 3.05) is 12.0 Å². The Balaban J connectivity index is 1.54. The number of aromatic amines is 1. The van der Waals surface area contributed by atoms with E-state index in [4.69, 9.17) is 4.74 Å². The molecule has 7 nitrogen and oxygen atoms in total. The van der Waals surface area contributed by atoms with E-state index < -0.39 is 0 Å². The van der Waals surface area contributed by atoms with Crippen molar-refractivity contribution in [3.8, 4) is 5.75 Å². The van der Waals surface area contributed by atoms with Crippen LogP contribution in [-0.2, 0) is 0 Å². The monoisotopic (exact) mass is 346 g/mol. The summed E-state index contributed by atoms with van der Waals surface area (Å²) in [6, 6.07) is 15.6. The SMILES string of the molecule is CCCOc1ccccc1C=NNc1nnc2c(n1)[nH]c1ccccc12. The highest BCUT2D eigenvalue weighted by Gasteiger charge is 2.08. The predicted molar refractivity (Wildman–Crippen MR) is 103 cm³/mol. The van der Waals surface area contributed by atoms with Crippen LogP contribution in [0.5, 0.6) is 5.75 Å². The number of para-hydroxylation sites is 2. The van der Waals surface area contributed by atoms with E-state index in [0.29, 0.717) is 18.2 Å². The summed E-state index contributed by atoms with van der Waals surface area (Å²) in [6.45, 7) is 2.74. The number of aromatic nitrogens is 4. The van der Waals surface area contributed by atoms with Gasteiger partial charge in [0.2, 0.25) is 0 Å². The van der Waals surface area contributed by atoms with Crippen LogP contribution in [0.3, 0.4) is 0 Å². The molecule has 26 heavy (non-hydrogen) atoms. The summed E-state index contributed by atoms with van der Waals surface area (Å²) in [4.78, 5) is 7.66. The van der Waals surface area contributed by atoms with Gasteiger partial charge in [0.1, 0.15) is 11.3 Å². The molecular weight excluding hydrogens is 328 g/mol. The molecule has 130 valence electrons. The summed E-state index contributed by atoms with van der Waals surface area (Å²) in [5, 5.41) is 13.6. The first-order chi connectivity index (χ1) is 12.8. The average Bonchev–Trinajstić information content (AvgIpc) is 3.05. The lowest BCUT2D eigenvalue weighted by Crippen LogP contribution is -2.01. The molecular formula is C19H18N6O. The number of nitrogens with zero attached hydrogens (tertiary/aromatic N) is 4. The number of fused-ring (bicyclic) bond motifs is 3. The van der Waals surface area contributed by atoms with Crippen molar-refractivity contribution in [1.29, 1.82) is 0 Å². The van der Waals surface area contributed by atoms with E-state index in [9.17, 15) is 0 Å². The van der Waals surface area contributed by atoms with Crippen LogP contribution in [0.2, 0.25) is 0 Å². The fourth-order valence-corrected chi connectivity index (χ4v) is 2.66. The first kappa shape index (κ1) is 16.0. The van der Waals surface area contributed by atoms with E-state index >= 15 is 0 Å². The maximum atomic E-state index is 5.71. The van der Waals surface area contributed by atoms with Crippen molar-refractivity contribution in [2.45, 2.75) is 13.3 Å². The minimum atomic E-state index is 0.326. The van der Waals surface area contributed by atoms with Crippen LogP contribution >= 0.6 is 0 Å². The van der Waals surface area contributed by atoms with E-state index in [1.54, 1.807) is 6.21 Å². The molecule has 0 saturated carbocycles. The quantitative estimate of drug-likeness (QED) is 0.410. The molecule has 4 aromatic rings. The van der Waals surface area contributed by atoms with Gasteiger partial charge in [-0.05, 0) is 24.6 Å². The summed E-state index contributed by atoms with van der Waals surface area (Å²) in [6.07, 6.45) is 2.64. The van der Waals surface area contributed by atoms with E-state index in [0.717, 1.165) is 34.2 Å². The highest BCUT2D eigenvalue weighted by molar-refractivity contribution is 6.03. The maximum absolute atomic E-state index is 5.71. The smallest absolute Gasteiger partial charge is 0.265 e. The van der Waals surface area contributed by atoms with Crippen LogP contribution < -0.4 is 10.2 Å². The normalized spacial score (nSPS) is 11.4. The van der Waals surface area contributed by atoms with Crippen LogP contribution in [0.4, 0.5) is 5.95 Å². The van der Waals surface area contributed by atoms with Gasteiger partial charge >= 0.3 is 0 Å². The predicted octanol–water partition coefficient (Wildman–Crippen LogP) is 3.74. The van der Waals surface area contributed by atoms with Crippen LogP contribution in [0.25, 0.3) is 22.1 Å². The molecule has 0 aliphatic carbocycles. The Morgan fingerprint density at radius 3 is 2.88 bits per heavy atom. The Morgan fingerprint density at radius 1 is 1.12 bits per heavy atom. The minimum Gasteiger partial charge on any atom is -0.493 e. The van der Waals surface area contributed by atoms with Gasteiger partial charge in [0.15, 0.2) is 5.65 Å². The largest absolute Gasteiger partial charge is 0.493 e. The zero-order chi connectivity index (χ0) is 17.8. The molecule has 2 aromatic carbocycles. The molecule has 7 heteroatoms. The van der Waals surface area contributed by atoms with Gasteiger partial charge in [-0.2, -0.15) is 10.1 Å². The number of hydrogen-bond acceptors (Lipinski definition) is 6. The molecule has 0 bridgehead atoms. The number of H-pyrrole nitrogens is 1. The third-order valence-electron chi connectivity index (χ3n) is 3.87. The van der Waals surface area contributed by atoms with Crippen molar-refractivity contribution in [3.05, 3.63) is 54.1 Å². The summed E-state index contributed by atoms with van der Waals surface area (Å²) in [5.74, 6) is 1.12. The second-order valence-corrected chi connectivity index (χ2v) is 5.76. The zero-order valence-corrected chi connectivity index (χ0v) is 14.3. The number of rotatable bonds is 6. The summed E-state index contributed by atoms with van der Waals surface area (Å²) >= 11 is 0. The van der Waals surface area contributed by atoms with Crippen molar-refractivity contribution in [1.82, 2.24) is 20.2 Å². The van der Waals surface area contributed by atoms with Gasteiger partial charge in [0.25, 0.3) is 5.95 Å². The molecule has 2 aromatic heterocycles. The Morgan fingerprint density at radius 2 is 1.96 bits per heavy atom. The number of ether oxygens (including phenoxy) is 1. The van der Waals surface area contributed by atoms with Gasteiger partial charge in [-0.1, -0.05) is 37.3 Å².